The van der Waals surface area contributed by atoms with Gasteiger partial charge in [-0.2, -0.15) is 0 Å². The molecule has 1 unspecified atom stereocenters. The van der Waals surface area contributed by atoms with Crippen LogP contribution in [0.4, 0.5) is 0 Å². The highest BCUT2D eigenvalue weighted by Gasteiger charge is 2.26. The normalized spacial score (nSPS) is 14.3. The Labute approximate surface area is 262 Å². The number of benzene rings is 4. The number of methoxy groups -OCH3 is 2. The third kappa shape index (κ3) is 6.21. The van der Waals surface area contributed by atoms with Crippen molar-refractivity contribution in [2.24, 2.45) is 5.16 Å². The second kappa shape index (κ2) is 13.0. The first kappa shape index (κ1) is 29.5. The third-order valence-electron chi connectivity index (χ3n) is 7.92. The van der Waals surface area contributed by atoms with Crippen LogP contribution < -0.4 is 18.9 Å². The van der Waals surface area contributed by atoms with Crippen molar-refractivity contribution in [2.45, 2.75) is 39.7 Å². The topological polar surface area (TPSA) is 71.4 Å². The molecule has 0 saturated carbocycles. The summed E-state index contributed by atoms with van der Waals surface area (Å²) >= 11 is 1.70. The summed E-state index contributed by atoms with van der Waals surface area (Å²) in [5, 5.41) is 5.42. The van der Waals surface area contributed by atoms with Gasteiger partial charge < -0.3 is 23.8 Å². The lowest BCUT2D eigenvalue weighted by atomic mass is 9.97. The summed E-state index contributed by atoms with van der Waals surface area (Å²) in [4.78, 5) is 10.6. The van der Waals surface area contributed by atoms with E-state index in [0.717, 1.165) is 61.1 Å². The molecular formula is C36H36N2O5S. The second-order valence-corrected chi connectivity index (χ2v) is 11.9. The Morgan fingerprint density at radius 2 is 1.52 bits per heavy atom. The average molecular weight is 609 g/mol. The van der Waals surface area contributed by atoms with Gasteiger partial charge in [-0.25, -0.2) is 4.98 Å². The van der Waals surface area contributed by atoms with E-state index in [1.807, 2.05) is 48.5 Å². The third-order valence-corrected chi connectivity index (χ3v) is 9.01. The Balaban J connectivity index is 1.04. The molecule has 5 aromatic rings. The van der Waals surface area contributed by atoms with E-state index in [2.05, 4.69) is 50.2 Å². The van der Waals surface area contributed by atoms with Crippen LogP contribution in [-0.2, 0) is 4.84 Å². The Kier molecular flexibility index (Phi) is 8.70. The number of para-hydroxylation sites is 1. The molecule has 226 valence electrons. The molecule has 8 heteroatoms. The van der Waals surface area contributed by atoms with E-state index in [0.29, 0.717) is 37.6 Å². The number of hydrogen-bond acceptors (Lipinski definition) is 8. The Morgan fingerprint density at radius 3 is 2.30 bits per heavy atom. The Hall–Kier alpha value is -4.56. The van der Waals surface area contributed by atoms with Crippen molar-refractivity contribution in [2.75, 3.05) is 27.4 Å². The molecule has 0 fully saturated rings. The summed E-state index contributed by atoms with van der Waals surface area (Å²) < 4.78 is 24.6. The minimum atomic E-state index is -0.206. The van der Waals surface area contributed by atoms with Crippen molar-refractivity contribution < 1.29 is 23.8 Å². The van der Waals surface area contributed by atoms with E-state index >= 15 is 0 Å². The molecule has 4 aromatic carbocycles. The fourth-order valence-electron chi connectivity index (χ4n) is 5.30. The number of fused-ring (bicyclic) bond motifs is 1. The number of oxime groups is 1. The Morgan fingerprint density at radius 1 is 0.773 bits per heavy atom. The fraction of sp³-hybridized carbons (Fsp3) is 0.278. The number of thiazole rings is 1. The van der Waals surface area contributed by atoms with Gasteiger partial charge >= 0.3 is 0 Å². The summed E-state index contributed by atoms with van der Waals surface area (Å²) in [6.07, 6.45) is 1.17. The number of hydrogen-bond donors (Lipinski definition) is 0. The maximum absolute atomic E-state index is 6.15. The van der Waals surface area contributed by atoms with Crippen LogP contribution in [-0.4, -0.2) is 38.1 Å². The molecule has 0 spiro atoms. The van der Waals surface area contributed by atoms with Gasteiger partial charge in [0, 0.05) is 24.0 Å². The molecule has 6 rings (SSSR count). The molecule has 0 amide bonds. The molecule has 1 aromatic heterocycles. The average Bonchev–Trinajstić information content (AvgIpc) is 3.71. The van der Waals surface area contributed by atoms with E-state index in [1.165, 1.54) is 4.70 Å². The van der Waals surface area contributed by atoms with Gasteiger partial charge in [0.05, 0.1) is 43.4 Å². The lowest BCUT2D eigenvalue weighted by molar-refractivity contribution is 0.0854. The predicted octanol–water partition coefficient (Wildman–Crippen LogP) is 8.62. The van der Waals surface area contributed by atoms with Crippen LogP contribution in [0.1, 0.15) is 46.8 Å². The van der Waals surface area contributed by atoms with Gasteiger partial charge in [-0.3, -0.25) is 0 Å². The quantitative estimate of drug-likeness (QED) is 0.140. The van der Waals surface area contributed by atoms with Crippen molar-refractivity contribution in [3.63, 3.8) is 0 Å². The molecule has 0 aliphatic carbocycles. The van der Waals surface area contributed by atoms with Gasteiger partial charge in [-0.05, 0) is 97.6 Å². The van der Waals surface area contributed by atoms with Gasteiger partial charge in [0.25, 0.3) is 0 Å². The van der Waals surface area contributed by atoms with Gasteiger partial charge in [-0.15, -0.1) is 11.3 Å². The van der Waals surface area contributed by atoms with Crippen LogP contribution in [0.2, 0.25) is 0 Å². The first-order valence-electron chi connectivity index (χ1n) is 14.7. The van der Waals surface area contributed by atoms with Crippen molar-refractivity contribution in [1.82, 2.24) is 4.98 Å². The maximum atomic E-state index is 6.15. The smallest absolute Gasteiger partial charge is 0.161 e. The molecular weight excluding hydrogens is 572 g/mol. The highest BCUT2D eigenvalue weighted by Crippen LogP contribution is 2.37. The molecule has 1 atom stereocenters. The summed E-state index contributed by atoms with van der Waals surface area (Å²) in [5.41, 5.74) is 8.39. The zero-order valence-electron chi connectivity index (χ0n) is 25.7. The first-order valence-corrected chi connectivity index (χ1v) is 15.5. The van der Waals surface area contributed by atoms with Gasteiger partial charge in [-0.1, -0.05) is 23.4 Å². The minimum Gasteiger partial charge on any atom is -0.496 e. The van der Waals surface area contributed by atoms with E-state index in [-0.39, 0.29) is 6.10 Å². The Bertz CT molecular complexity index is 1800. The standard InChI is InChI=1S/C36H36N2O5S/c1-22-17-27(20-32(40-5)24(22)3)29-21-33(43-38-29)25-11-14-31(39-4)34(19-25)42-16-8-15-41-30-13-12-26(18-23(30)2)36-37-28-9-6-7-10-35(28)44-36/h6-7,9-14,17-20,33H,8,15-16,21H2,1-5H3. The van der Waals surface area contributed by atoms with Crippen LogP contribution in [0.15, 0.2) is 78.0 Å². The SMILES string of the molecule is COc1ccc(C2CC(c3cc(C)c(C)c(OC)c3)=NO2)cc1OCCCOc1ccc(-c2nc3ccccc3s2)cc1C. The van der Waals surface area contributed by atoms with Crippen molar-refractivity contribution in [3.05, 3.63) is 101 Å². The summed E-state index contributed by atoms with van der Waals surface area (Å²) in [6, 6.07) is 24.5. The highest BCUT2D eigenvalue weighted by atomic mass is 32.1. The molecule has 1 aliphatic heterocycles. The molecule has 2 heterocycles. The van der Waals surface area contributed by atoms with Crippen LogP contribution >= 0.6 is 11.3 Å². The number of nitrogens with zero attached hydrogens (tertiary/aromatic N) is 2. The monoisotopic (exact) mass is 608 g/mol. The molecule has 0 radical (unpaired) electrons. The van der Waals surface area contributed by atoms with E-state index in [9.17, 15) is 0 Å². The van der Waals surface area contributed by atoms with Crippen LogP contribution in [0, 0.1) is 20.8 Å². The minimum absolute atomic E-state index is 0.206. The summed E-state index contributed by atoms with van der Waals surface area (Å²) in [5.74, 6) is 3.07. The second-order valence-electron chi connectivity index (χ2n) is 10.9. The van der Waals surface area contributed by atoms with Crippen LogP contribution in [0.3, 0.4) is 0 Å². The number of aromatic nitrogens is 1. The molecule has 0 saturated heterocycles. The molecule has 1 aliphatic rings. The first-order chi connectivity index (χ1) is 21.4. The fourth-order valence-corrected chi connectivity index (χ4v) is 6.26. The van der Waals surface area contributed by atoms with Gasteiger partial charge in [0.1, 0.15) is 16.5 Å². The maximum Gasteiger partial charge on any atom is 0.161 e. The molecule has 0 N–H and O–H groups in total. The van der Waals surface area contributed by atoms with E-state index in [4.69, 9.17) is 28.8 Å². The van der Waals surface area contributed by atoms with Crippen LogP contribution in [0.25, 0.3) is 20.8 Å². The van der Waals surface area contributed by atoms with Crippen LogP contribution in [0.5, 0.6) is 23.0 Å². The van der Waals surface area contributed by atoms with E-state index in [1.54, 1.807) is 25.6 Å². The number of aryl methyl sites for hydroxylation is 2. The summed E-state index contributed by atoms with van der Waals surface area (Å²) in [6.45, 7) is 7.22. The van der Waals surface area contributed by atoms with Crippen molar-refractivity contribution in [1.29, 1.82) is 0 Å². The van der Waals surface area contributed by atoms with Crippen molar-refractivity contribution >= 4 is 27.3 Å². The predicted molar refractivity (Wildman–Crippen MR) is 176 cm³/mol. The van der Waals surface area contributed by atoms with Gasteiger partial charge in [0.2, 0.25) is 0 Å². The molecule has 44 heavy (non-hydrogen) atoms. The zero-order chi connectivity index (χ0) is 30.6. The lowest BCUT2D eigenvalue weighted by Gasteiger charge is -2.15. The lowest BCUT2D eigenvalue weighted by Crippen LogP contribution is -2.07. The van der Waals surface area contributed by atoms with Crippen molar-refractivity contribution in [3.8, 4) is 33.6 Å². The molecule has 7 nitrogen and oxygen atoms in total. The zero-order valence-corrected chi connectivity index (χ0v) is 26.5. The van der Waals surface area contributed by atoms with Gasteiger partial charge in [0.15, 0.2) is 17.6 Å². The number of ether oxygens (including phenoxy) is 4. The molecule has 0 bridgehead atoms. The highest BCUT2D eigenvalue weighted by molar-refractivity contribution is 7.21. The largest absolute Gasteiger partial charge is 0.496 e. The van der Waals surface area contributed by atoms with E-state index < -0.39 is 0 Å². The number of rotatable bonds is 11. The summed E-state index contributed by atoms with van der Waals surface area (Å²) in [7, 11) is 3.34.